The van der Waals surface area contributed by atoms with Crippen LogP contribution in [0.3, 0.4) is 0 Å². The van der Waals surface area contributed by atoms with Crippen molar-refractivity contribution in [3.05, 3.63) is 0 Å². The molecule has 21 heavy (non-hydrogen) atoms. The first-order chi connectivity index (χ1) is 9.88. The van der Waals surface area contributed by atoms with Gasteiger partial charge in [0.25, 0.3) is 0 Å². The molecule has 3 amide bonds. The third-order valence-electron chi connectivity index (χ3n) is 3.86. The highest BCUT2D eigenvalue weighted by atomic mass is 16.4. The molecule has 0 spiro atoms. The third kappa shape index (κ3) is 4.61. The summed E-state index contributed by atoms with van der Waals surface area (Å²) in [6.45, 7) is 4.43. The van der Waals surface area contributed by atoms with Crippen LogP contribution < -0.4 is 5.32 Å². The van der Waals surface area contributed by atoms with Crippen LogP contribution in [0.2, 0.25) is 0 Å². The fourth-order valence-corrected chi connectivity index (χ4v) is 2.42. The Balaban J connectivity index is 2.71. The van der Waals surface area contributed by atoms with Gasteiger partial charge in [-0.3, -0.25) is 4.79 Å². The predicted molar refractivity (Wildman–Crippen MR) is 77.9 cm³/mol. The lowest BCUT2D eigenvalue weighted by Crippen LogP contribution is -2.54. The lowest BCUT2D eigenvalue weighted by Gasteiger charge is -2.29. The summed E-state index contributed by atoms with van der Waals surface area (Å²) in [6, 6.07) is -1.95. The zero-order valence-corrected chi connectivity index (χ0v) is 13.0. The van der Waals surface area contributed by atoms with Gasteiger partial charge in [-0.1, -0.05) is 12.8 Å². The fourth-order valence-electron chi connectivity index (χ4n) is 2.42. The zero-order valence-electron chi connectivity index (χ0n) is 13.0. The van der Waals surface area contributed by atoms with Crippen molar-refractivity contribution in [2.75, 3.05) is 20.1 Å². The first-order valence-electron chi connectivity index (χ1n) is 7.43. The monoisotopic (exact) mass is 299 g/mol. The van der Waals surface area contributed by atoms with E-state index >= 15 is 0 Å². The first kappa shape index (κ1) is 17.3. The molecule has 1 saturated heterocycles. The maximum atomic E-state index is 12.3. The Morgan fingerprint density at radius 1 is 1.33 bits per heavy atom. The Morgan fingerprint density at radius 2 is 2.00 bits per heavy atom. The standard InChI is InChI=1S/C14H25N3O4/c1-4-16(3)12(18)10(2)15-14(21)17-9-7-5-6-8-11(17)13(19)20/h10-11H,4-9H2,1-3H3,(H,15,21)(H,19,20). The van der Waals surface area contributed by atoms with Crippen LogP contribution in [0.5, 0.6) is 0 Å². The minimum Gasteiger partial charge on any atom is -0.480 e. The summed E-state index contributed by atoms with van der Waals surface area (Å²) < 4.78 is 0. The van der Waals surface area contributed by atoms with Gasteiger partial charge in [0.15, 0.2) is 0 Å². The number of amides is 3. The van der Waals surface area contributed by atoms with Gasteiger partial charge in [0.05, 0.1) is 0 Å². The molecule has 1 heterocycles. The summed E-state index contributed by atoms with van der Waals surface area (Å²) in [7, 11) is 1.66. The maximum Gasteiger partial charge on any atom is 0.326 e. The third-order valence-corrected chi connectivity index (χ3v) is 3.86. The molecule has 7 heteroatoms. The molecule has 2 unspecified atom stereocenters. The number of hydrogen-bond donors (Lipinski definition) is 2. The Kier molecular flexibility index (Phi) is 6.45. The van der Waals surface area contributed by atoms with Gasteiger partial charge in [-0.2, -0.15) is 0 Å². The van der Waals surface area contributed by atoms with Gasteiger partial charge in [0.2, 0.25) is 5.91 Å². The highest BCUT2D eigenvalue weighted by Crippen LogP contribution is 2.17. The summed E-state index contributed by atoms with van der Waals surface area (Å²) in [4.78, 5) is 38.4. The summed E-state index contributed by atoms with van der Waals surface area (Å²) in [5, 5.41) is 11.9. The Morgan fingerprint density at radius 3 is 2.57 bits per heavy atom. The maximum absolute atomic E-state index is 12.3. The second-order valence-electron chi connectivity index (χ2n) is 5.42. The Labute approximate surface area is 125 Å². The van der Waals surface area contributed by atoms with Gasteiger partial charge in [-0.05, 0) is 26.7 Å². The molecule has 0 saturated carbocycles. The number of nitrogens with zero attached hydrogens (tertiary/aromatic N) is 2. The number of carbonyl (C=O) groups excluding carboxylic acids is 2. The summed E-state index contributed by atoms with van der Waals surface area (Å²) in [6.07, 6.45) is 2.96. The zero-order chi connectivity index (χ0) is 16.0. The van der Waals surface area contributed by atoms with E-state index in [0.717, 1.165) is 19.3 Å². The first-order valence-corrected chi connectivity index (χ1v) is 7.43. The van der Waals surface area contributed by atoms with E-state index in [9.17, 15) is 19.5 Å². The van der Waals surface area contributed by atoms with Gasteiger partial charge in [-0.25, -0.2) is 9.59 Å². The second-order valence-corrected chi connectivity index (χ2v) is 5.42. The molecule has 7 nitrogen and oxygen atoms in total. The van der Waals surface area contributed by atoms with Gasteiger partial charge in [-0.15, -0.1) is 0 Å². The van der Waals surface area contributed by atoms with Crippen molar-refractivity contribution in [1.29, 1.82) is 0 Å². The van der Waals surface area contributed by atoms with Crippen LogP contribution in [0.25, 0.3) is 0 Å². The number of aliphatic carboxylic acids is 1. The molecule has 0 bridgehead atoms. The van der Waals surface area contributed by atoms with E-state index in [4.69, 9.17) is 0 Å². The smallest absolute Gasteiger partial charge is 0.326 e. The number of nitrogens with one attached hydrogen (secondary N) is 1. The van der Waals surface area contributed by atoms with Crippen LogP contribution >= 0.6 is 0 Å². The van der Waals surface area contributed by atoms with Crippen molar-refractivity contribution in [1.82, 2.24) is 15.1 Å². The molecule has 0 aliphatic carbocycles. The van der Waals surface area contributed by atoms with Crippen molar-refractivity contribution in [3.8, 4) is 0 Å². The summed E-state index contributed by atoms with van der Waals surface area (Å²) in [5.41, 5.74) is 0. The molecule has 120 valence electrons. The van der Waals surface area contributed by atoms with E-state index < -0.39 is 24.1 Å². The number of carboxylic acids is 1. The van der Waals surface area contributed by atoms with Crippen molar-refractivity contribution in [2.45, 2.75) is 51.6 Å². The lowest BCUT2D eigenvalue weighted by atomic mass is 10.1. The molecular weight excluding hydrogens is 274 g/mol. The van der Waals surface area contributed by atoms with E-state index in [-0.39, 0.29) is 5.91 Å². The van der Waals surface area contributed by atoms with Crippen molar-refractivity contribution < 1.29 is 19.5 Å². The summed E-state index contributed by atoms with van der Waals surface area (Å²) in [5.74, 6) is -1.18. The largest absolute Gasteiger partial charge is 0.480 e. The predicted octanol–water partition coefficient (Wildman–Crippen LogP) is 0.892. The molecule has 2 N–H and O–H groups in total. The summed E-state index contributed by atoms with van der Waals surface area (Å²) >= 11 is 0. The molecule has 1 rings (SSSR count). The number of likely N-dealkylation sites (tertiary alicyclic amines) is 1. The lowest BCUT2D eigenvalue weighted by molar-refractivity contribution is -0.142. The van der Waals surface area contributed by atoms with E-state index in [0.29, 0.717) is 19.5 Å². The van der Waals surface area contributed by atoms with Gasteiger partial charge in [0, 0.05) is 20.1 Å². The van der Waals surface area contributed by atoms with E-state index in [1.54, 1.807) is 14.0 Å². The number of urea groups is 1. The highest BCUT2D eigenvalue weighted by molar-refractivity contribution is 5.88. The number of rotatable bonds is 4. The molecule has 2 atom stereocenters. The number of hydrogen-bond acceptors (Lipinski definition) is 3. The SMILES string of the molecule is CCN(C)C(=O)C(C)NC(=O)N1CCCCCC1C(=O)O. The molecule has 0 aromatic carbocycles. The van der Waals surface area contributed by atoms with Crippen molar-refractivity contribution in [2.24, 2.45) is 0 Å². The van der Waals surface area contributed by atoms with Crippen LogP contribution in [-0.2, 0) is 9.59 Å². The van der Waals surface area contributed by atoms with Crippen molar-refractivity contribution in [3.63, 3.8) is 0 Å². The molecule has 0 aromatic rings. The normalized spacial score (nSPS) is 20.3. The molecule has 1 aliphatic heterocycles. The van der Waals surface area contributed by atoms with Gasteiger partial charge in [0.1, 0.15) is 12.1 Å². The molecular formula is C14H25N3O4. The average Bonchev–Trinajstić information content (AvgIpc) is 2.71. The fraction of sp³-hybridized carbons (Fsp3) is 0.786. The van der Waals surface area contributed by atoms with Crippen LogP contribution in [0, 0.1) is 0 Å². The van der Waals surface area contributed by atoms with Gasteiger partial charge < -0.3 is 20.2 Å². The van der Waals surface area contributed by atoms with Crippen molar-refractivity contribution >= 4 is 17.9 Å². The van der Waals surface area contributed by atoms with Gasteiger partial charge >= 0.3 is 12.0 Å². The molecule has 1 fully saturated rings. The van der Waals surface area contributed by atoms with Crippen LogP contribution in [-0.4, -0.2) is 65.0 Å². The number of carboxylic acid groups (broad SMARTS) is 1. The van der Waals surface area contributed by atoms with Crippen LogP contribution in [0.15, 0.2) is 0 Å². The highest BCUT2D eigenvalue weighted by Gasteiger charge is 2.32. The van der Waals surface area contributed by atoms with E-state index in [1.165, 1.54) is 9.80 Å². The van der Waals surface area contributed by atoms with Crippen LogP contribution in [0.1, 0.15) is 39.5 Å². The minimum atomic E-state index is -0.989. The van der Waals surface area contributed by atoms with Crippen LogP contribution in [0.4, 0.5) is 4.79 Å². The average molecular weight is 299 g/mol. The quantitative estimate of drug-likeness (QED) is 0.806. The molecule has 0 radical (unpaired) electrons. The topological polar surface area (TPSA) is 90.0 Å². The Bertz CT molecular complexity index is 400. The number of carbonyl (C=O) groups is 3. The van der Waals surface area contributed by atoms with E-state index in [2.05, 4.69) is 5.32 Å². The molecule has 0 aromatic heterocycles. The molecule has 1 aliphatic rings. The second kappa shape index (κ2) is 7.85. The Hall–Kier alpha value is -1.79. The van der Waals surface area contributed by atoms with E-state index in [1.807, 2.05) is 6.92 Å². The minimum absolute atomic E-state index is 0.187. The number of likely N-dealkylation sites (N-methyl/N-ethyl adjacent to an activating group) is 1.